The van der Waals surface area contributed by atoms with Gasteiger partial charge in [0, 0.05) is 17.5 Å². The number of phenols is 1. The predicted molar refractivity (Wildman–Crippen MR) is 106 cm³/mol. The number of carbonyl (C=O) groups excluding carboxylic acids is 1. The number of amides is 1. The standard InChI is InChI=1S/C21H26ClNO4/c1-21(2,3)27-20(26)23-13-16(14-7-9-18(24)10-8-14)12-19(25)15-5-4-6-17(22)11-15/h4-11,16,19,24-25H,12-13H2,1-3H3,(H,23,26)/t16?,19-/m1/s1. The molecule has 2 aromatic rings. The third-order valence-electron chi connectivity index (χ3n) is 4.00. The van der Waals surface area contributed by atoms with Gasteiger partial charge in [0.1, 0.15) is 11.4 Å². The second-order valence-corrected chi connectivity index (χ2v) is 7.91. The van der Waals surface area contributed by atoms with Gasteiger partial charge < -0.3 is 20.3 Å². The number of ether oxygens (including phenoxy) is 1. The number of phenolic OH excluding ortho intramolecular Hbond substituents is 1. The number of benzene rings is 2. The molecule has 2 atom stereocenters. The van der Waals surface area contributed by atoms with Crippen LogP contribution in [-0.2, 0) is 4.74 Å². The number of halogens is 1. The van der Waals surface area contributed by atoms with Gasteiger partial charge in [-0.1, -0.05) is 35.9 Å². The maximum Gasteiger partial charge on any atom is 0.407 e. The van der Waals surface area contributed by atoms with Crippen LogP contribution in [0.3, 0.4) is 0 Å². The van der Waals surface area contributed by atoms with Crippen molar-refractivity contribution in [2.45, 2.75) is 44.8 Å². The first-order valence-corrected chi connectivity index (χ1v) is 9.21. The Balaban J connectivity index is 2.12. The predicted octanol–water partition coefficient (Wildman–Crippen LogP) is 4.78. The number of rotatable bonds is 6. The molecule has 1 unspecified atom stereocenters. The summed E-state index contributed by atoms with van der Waals surface area (Å²) in [6.45, 7) is 5.68. The number of aliphatic hydroxyl groups excluding tert-OH is 1. The lowest BCUT2D eigenvalue weighted by Crippen LogP contribution is -2.35. The highest BCUT2D eigenvalue weighted by molar-refractivity contribution is 6.30. The highest BCUT2D eigenvalue weighted by Crippen LogP contribution is 2.30. The molecule has 1 amide bonds. The lowest BCUT2D eigenvalue weighted by atomic mass is 9.90. The fourth-order valence-electron chi connectivity index (χ4n) is 2.72. The zero-order valence-electron chi connectivity index (χ0n) is 15.8. The molecule has 0 radical (unpaired) electrons. The molecule has 3 N–H and O–H groups in total. The maximum absolute atomic E-state index is 12.0. The number of hydrogen-bond acceptors (Lipinski definition) is 4. The largest absolute Gasteiger partial charge is 0.508 e. The summed E-state index contributed by atoms with van der Waals surface area (Å²) >= 11 is 6.01. The van der Waals surface area contributed by atoms with Crippen LogP contribution in [0.4, 0.5) is 4.79 Å². The van der Waals surface area contributed by atoms with E-state index in [4.69, 9.17) is 16.3 Å². The van der Waals surface area contributed by atoms with E-state index >= 15 is 0 Å². The van der Waals surface area contributed by atoms with E-state index in [-0.39, 0.29) is 18.2 Å². The van der Waals surface area contributed by atoms with E-state index in [2.05, 4.69) is 5.32 Å². The Labute approximate surface area is 164 Å². The summed E-state index contributed by atoms with van der Waals surface area (Å²) < 4.78 is 5.28. The monoisotopic (exact) mass is 391 g/mol. The molecule has 0 spiro atoms. The molecule has 27 heavy (non-hydrogen) atoms. The molecular weight excluding hydrogens is 366 g/mol. The fourth-order valence-corrected chi connectivity index (χ4v) is 2.92. The van der Waals surface area contributed by atoms with E-state index in [0.717, 1.165) is 5.56 Å². The van der Waals surface area contributed by atoms with E-state index in [0.29, 0.717) is 17.0 Å². The van der Waals surface area contributed by atoms with E-state index in [9.17, 15) is 15.0 Å². The first-order chi connectivity index (χ1) is 12.6. The van der Waals surface area contributed by atoms with Gasteiger partial charge in [0.2, 0.25) is 0 Å². The summed E-state index contributed by atoms with van der Waals surface area (Å²) in [6.07, 6.45) is -0.882. The highest BCUT2D eigenvalue weighted by atomic mass is 35.5. The van der Waals surface area contributed by atoms with Gasteiger partial charge in [-0.05, 0) is 62.6 Å². The Kier molecular flexibility index (Phi) is 7.11. The molecule has 146 valence electrons. The van der Waals surface area contributed by atoms with Gasteiger partial charge in [-0.2, -0.15) is 0 Å². The van der Waals surface area contributed by atoms with Crippen molar-refractivity contribution in [2.24, 2.45) is 0 Å². The van der Waals surface area contributed by atoms with Gasteiger partial charge in [0.25, 0.3) is 0 Å². The topological polar surface area (TPSA) is 78.8 Å². The highest BCUT2D eigenvalue weighted by Gasteiger charge is 2.21. The third-order valence-corrected chi connectivity index (χ3v) is 4.23. The molecule has 0 aliphatic carbocycles. The molecule has 0 aliphatic heterocycles. The minimum atomic E-state index is -0.747. The number of carbonyl (C=O) groups is 1. The van der Waals surface area contributed by atoms with Crippen LogP contribution in [-0.4, -0.2) is 28.5 Å². The zero-order valence-corrected chi connectivity index (χ0v) is 16.5. The normalized spacial score (nSPS) is 13.7. The van der Waals surface area contributed by atoms with Crippen LogP contribution in [0, 0.1) is 0 Å². The number of aromatic hydroxyl groups is 1. The van der Waals surface area contributed by atoms with Crippen molar-refractivity contribution in [3.63, 3.8) is 0 Å². The van der Waals surface area contributed by atoms with E-state index in [1.807, 2.05) is 6.07 Å². The van der Waals surface area contributed by atoms with Crippen LogP contribution in [0.2, 0.25) is 5.02 Å². The van der Waals surface area contributed by atoms with Crippen LogP contribution in [0.1, 0.15) is 50.3 Å². The minimum absolute atomic E-state index is 0.160. The van der Waals surface area contributed by atoms with E-state index in [1.54, 1.807) is 63.2 Å². The van der Waals surface area contributed by atoms with Crippen molar-refractivity contribution in [3.8, 4) is 5.75 Å². The summed E-state index contributed by atoms with van der Waals surface area (Å²) in [6, 6.07) is 13.8. The van der Waals surface area contributed by atoms with Crippen LogP contribution in [0.5, 0.6) is 5.75 Å². The van der Waals surface area contributed by atoms with Crippen molar-refractivity contribution in [2.75, 3.05) is 6.54 Å². The average Bonchev–Trinajstić information content (AvgIpc) is 2.57. The SMILES string of the molecule is CC(C)(C)OC(=O)NCC(C[C@@H](O)c1cccc(Cl)c1)c1ccc(O)cc1. The first-order valence-electron chi connectivity index (χ1n) is 8.83. The Morgan fingerprint density at radius 3 is 2.41 bits per heavy atom. The molecule has 2 rings (SSSR count). The zero-order chi connectivity index (χ0) is 20.0. The third kappa shape index (κ3) is 7.12. The second-order valence-electron chi connectivity index (χ2n) is 7.48. The number of aliphatic hydroxyl groups is 1. The summed E-state index contributed by atoms with van der Waals surface area (Å²) in [5.74, 6) is -0.0138. The minimum Gasteiger partial charge on any atom is -0.508 e. The van der Waals surface area contributed by atoms with E-state index < -0.39 is 17.8 Å². The summed E-state index contributed by atoms with van der Waals surface area (Å²) in [7, 11) is 0. The molecule has 6 heteroatoms. The van der Waals surface area contributed by atoms with Crippen molar-refractivity contribution >= 4 is 17.7 Å². The Hall–Kier alpha value is -2.24. The molecule has 0 bridgehead atoms. The van der Waals surface area contributed by atoms with Crippen molar-refractivity contribution in [1.29, 1.82) is 0 Å². The van der Waals surface area contributed by atoms with Crippen LogP contribution >= 0.6 is 11.6 Å². The quantitative estimate of drug-likeness (QED) is 0.662. The van der Waals surface area contributed by atoms with Crippen LogP contribution in [0.25, 0.3) is 0 Å². The maximum atomic E-state index is 12.0. The summed E-state index contributed by atoms with van der Waals surface area (Å²) in [5.41, 5.74) is 1.02. The Bertz CT molecular complexity index is 756. The smallest absolute Gasteiger partial charge is 0.407 e. The van der Waals surface area contributed by atoms with Gasteiger partial charge in [0.15, 0.2) is 0 Å². The van der Waals surface area contributed by atoms with Crippen molar-refractivity contribution < 1.29 is 19.7 Å². The number of nitrogens with one attached hydrogen (secondary N) is 1. The van der Waals surface area contributed by atoms with E-state index in [1.165, 1.54) is 0 Å². The Morgan fingerprint density at radius 2 is 1.81 bits per heavy atom. The molecule has 0 aromatic heterocycles. The Morgan fingerprint density at radius 1 is 1.15 bits per heavy atom. The molecule has 0 fully saturated rings. The molecule has 0 heterocycles. The molecule has 0 aliphatic rings. The summed E-state index contributed by atoms with van der Waals surface area (Å²) in [5, 5.41) is 23.5. The van der Waals surface area contributed by atoms with Crippen LogP contribution < -0.4 is 5.32 Å². The number of alkyl carbamates (subject to hydrolysis) is 1. The summed E-state index contributed by atoms with van der Waals surface area (Å²) in [4.78, 5) is 12.0. The van der Waals surface area contributed by atoms with Crippen molar-refractivity contribution in [3.05, 3.63) is 64.7 Å². The molecular formula is C21H26ClNO4. The van der Waals surface area contributed by atoms with Gasteiger partial charge in [-0.15, -0.1) is 0 Å². The fraction of sp³-hybridized carbons (Fsp3) is 0.381. The lowest BCUT2D eigenvalue weighted by Gasteiger charge is -2.24. The molecule has 2 aromatic carbocycles. The molecule has 0 saturated heterocycles. The molecule has 0 saturated carbocycles. The van der Waals surface area contributed by atoms with Crippen LogP contribution in [0.15, 0.2) is 48.5 Å². The first kappa shape index (κ1) is 21.1. The molecule has 5 nitrogen and oxygen atoms in total. The number of hydrogen-bond donors (Lipinski definition) is 3. The van der Waals surface area contributed by atoms with Gasteiger partial charge in [0.05, 0.1) is 6.10 Å². The van der Waals surface area contributed by atoms with Gasteiger partial charge >= 0.3 is 6.09 Å². The van der Waals surface area contributed by atoms with Gasteiger partial charge in [-0.3, -0.25) is 0 Å². The lowest BCUT2D eigenvalue weighted by molar-refractivity contribution is 0.0519. The van der Waals surface area contributed by atoms with Crippen molar-refractivity contribution in [1.82, 2.24) is 5.32 Å². The van der Waals surface area contributed by atoms with Gasteiger partial charge in [-0.25, -0.2) is 4.79 Å². The average molecular weight is 392 g/mol. The second kappa shape index (κ2) is 9.11.